The lowest BCUT2D eigenvalue weighted by molar-refractivity contribution is -0.203. The van der Waals surface area contributed by atoms with Crippen molar-refractivity contribution in [3.8, 4) is 5.88 Å². The van der Waals surface area contributed by atoms with Crippen molar-refractivity contribution >= 4 is 11.2 Å². The number of aromatic nitrogens is 3. The number of aliphatic hydroxyl groups excluding tert-OH is 1. The summed E-state index contributed by atoms with van der Waals surface area (Å²) in [4.78, 5) is 10.6. The van der Waals surface area contributed by atoms with Crippen LogP contribution >= 0.6 is 0 Å². The number of aromatic amines is 1. The predicted octanol–water partition coefficient (Wildman–Crippen LogP) is 1.82. The largest absolute Gasteiger partial charge is 0.478 e. The molecule has 0 aliphatic heterocycles. The number of nitrogens with one attached hydrogen (secondary N) is 1. The fourth-order valence-electron chi connectivity index (χ4n) is 1.55. The van der Waals surface area contributed by atoms with Gasteiger partial charge >= 0.3 is 6.18 Å². The minimum atomic E-state index is -4.66. The van der Waals surface area contributed by atoms with Crippen molar-refractivity contribution < 1.29 is 23.0 Å². The van der Waals surface area contributed by atoms with Crippen molar-refractivity contribution in [2.45, 2.75) is 25.6 Å². The third kappa shape index (κ3) is 3.14. The van der Waals surface area contributed by atoms with Crippen LogP contribution in [0, 0.1) is 0 Å². The summed E-state index contributed by atoms with van der Waals surface area (Å²) in [5, 5.41) is 8.97. The minimum Gasteiger partial charge on any atom is -0.478 e. The van der Waals surface area contributed by atoms with E-state index in [1.807, 2.05) is 0 Å². The zero-order valence-electron chi connectivity index (χ0n) is 10.0. The summed E-state index contributed by atoms with van der Waals surface area (Å²) in [6, 6.07) is 3.21. The Labute approximate surface area is 106 Å². The van der Waals surface area contributed by atoms with Crippen molar-refractivity contribution in [3.63, 3.8) is 0 Å². The molecule has 0 aromatic carbocycles. The molecule has 0 radical (unpaired) electrons. The number of rotatable bonds is 4. The average Bonchev–Trinajstić information content (AvgIpc) is 2.69. The van der Waals surface area contributed by atoms with E-state index in [1.54, 1.807) is 19.1 Å². The van der Waals surface area contributed by atoms with Gasteiger partial charge in [0.25, 0.3) is 0 Å². The first-order valence-electron chi connectivity index (χ1n) is 5.63. The van der Waals surface area contributed by atoms with Crippen molar-refractivity contribution in [1.29, 1.82) is 0 Å². The van der Waals surface area contributed by atoms with Crippen molar-refractivity contribution in [2.75, 3.05) is 6.61 Å². The molecule has 2 rings (SSSR count). The van der Waals surface area contributed by atoms with Crippen LogP contribution in [0.25, 0.3) is 11.2 Å². The summed E-state index contributed by atoms with van der Waals surface area (Å²) in [6.45, 7) is 2.23. The first-order valence-corrected chi connectivity index (χ1v) is 5.63. The number of hydrogen-bond donors (Lipinski definition) is 2. The van der Waals surface area contributed by atoms with E-state index in [0.717, 1.165) is 0 Å². The number of imidazole rings is 1. The van der Waals surface area contributed by atoms with Gasteiger partial charge in [0.1, 0.15) is 5.82 Å². The van der Waals surface area contributed by atoms with Gasteiger partial charge in [0.15, 0.2) is 11.8 Å². The maximum absolute atomic E-state index is 12.2. The number of hydrogen-bond acceptors (Lipinski definition) is 4. The lowest BCUT2D eigenvalue weighted by Gasteiger charge is -2.12. The Morgan fingerprint density at radius 2 is 2.11 bits per heavy atom. The van der Waals surface area contributed by atoms with Gasteiger partial charge in [-0.2, -0.15) is 18.2 Å². The molecule has 1 atom stereocenters. The molecule has 0 amide bonds. The van der Waals surface area contributed by atoms with E-state index in [0.29, 0.717) is 18.0 Å². The van der Waals surface area contributed by atoms with E-state index in [4.69, 9.17) is 9.84 Å². The van der Waals surface area contributed by atoms with Gasteiger partial charge in [-0.15, -0.1) is 0 Å². The van der Waals surface area contributed by atoms with Crippen molar-refractivity contribution in [2.24, 2.45) is 0 Å². The Bertz CT molecular complexity index is 568. The van der Waals surface area contributed by atoms with Gasteiger partial charge in [0.05, 0.1) is 12.1 Å². The standard InChI is InChI=1S/C11H12F3N3O2/c1-2-19-9-4-3-6-10(17-9)16-8(15-6)5-7(18)11(12,13)14/h3-4,7,18H,2,5H2,1H3,(H,15,16,17). The van der Waals surface area contributed by atoms with Gasteiger partial charge in [-0.1, -0.05) is 0 Å². The van der Waals surface area contributed by atoms with Gasteiger partial charge in [0, 0.05) is 12.5 Å². The van der Waals surface area contributed by atoms with Crippen molar-refractivity contribution in [3.05, 3.63) is 18.0 Å². The third-order valence-electron chi connectivity index (χ3n) is 2.43. The van der Waals surface area contributed by atoms with E-state index >= 15 is 0 Å². The Kier molecular flexibility index (Phi) is 3.61. The Morgan fingerprint density at radius 3 is 2.74 bits per heavy atom. The van der Waals surface area contributed by atoms with Gasteiger partial charge in [-0.05, 0) is 13.0 Å². The van der Waals surface area contributed by atoms with E-state index in [9.17, 15) is 13.2 Å². The quantitative estimate of drug-likeness (QED) is 0.893. The van der Waals surface area contributed by atoms with Gasteiger partial charge < -0.3 is 14.8 Å². The first-order chi connectivity index (χ1) is 8.90. The number of H-pyrrole nitrogens is 1. The second-order valence-electron chi connectivity index (χ2n) is 3.90. The highest BCUT2D eigenvalue weighted by Crippen LogP contribution is 2.23. The molecule has 0 fully saturated rings. The van der Waals surface area contributed by atoms with E-state index in [2.05, 4.69) is 15.0 Å². The molecule has 0 aliphatic rings. The maximum Gasteiger partial charge on any atom is 0.414 e. The molecule has 2 heterocycles. The van der Waals surface area contributed by atoms with Crippen LogP contribution in [0.5, 0.6) is 5.88 Å². The highest BCUT2D eigenvalue weighted by Gasteiger charge is 2.38. The molecule has 2 aromatic rings. The topological polar surface area (TPSA) is 71.0 Å². The highest BCUT2D eigenvalue weighted by molar-refractivity contribution is 5.71. The van der Waals surface area contributed by atoms with E-state index in [-0.39, 0.29) is 11.5 Å². The van der Waals surface area contributed by atoms with Gasteiger partial charge in [0.2, 0.25) is 5.88 Å². The Morgan fingerprint density at radius 1 is 1.37 bits per heavy atom. The molecule has 2 aromatic heterocycles. The number of halogens is 3. The molecular weight excluding hydrogens is 263 g/mol. The van der Waals surface area contributed by atoms with Crippen molar-refractivity contribution in [1.82, 2.24) is 15.0 Å². The number of nitrogens with zero attached hydrogens (tertiary/aromatic N) is 2. The fraction of sp³-hybridized carbons (Fsp3) is 0.455. The average molecular weight is 275 g/mol. The van der Waals surface area contributed by atoms with Crippen LogP contribution in [0.4, 0.5) is 13.2 Å². The predicted molar refractivity (Wildman–Crippen MR) is 60.8 cm³/mol. The lowest BCUT2D eigenvalue weighted by Crippen LogP contribution is -2.30. The van der Waals surface area contributed by atoms with E-state index in [1.165, 1.54) is 0 Å². The SMILES string of the molecule is CCOc1ccc2[nH]c(CC(O)C(F)(F)F)nc2n1. The normalized spacial score (nSPS) is 13.7. The molecule has 0 bridgehead atoms. The molecule has 0 aliphatic carbocycles. The zero-order chi connectivity index (χ0) is 14.0. The van der Waals surface area contributed by atoms with Gasteiger partial charge in [-0.25, -0.2) is 4.98 Å². The molecule has 0 spiro atoms. The minimum absolute atomic E-state index is 0.0287. The Balaban J connectivity index is 2.22. The van der Waals surface area contributed by atoms with Crippen LogP contribution in [0.15, 0.2) is 12.1 Å². The lowest BCUT2D eigenvalue weighted by atomic mass is 10.2. The molecule has 8 heteroatoms. The number of ether oxygens (including phenoxy) is 1. The number of aliphatic hydroxyl groups is 1. The summed E-state index contributed by atoms with van der Waals surface area (Å²) >= 11 is 0. The summed E-state index contributed by atoms with van der Waals surface area (Å²) in [6.07, 6.45) is -7.74. The van der Waals surface area contributed by atoms with Gasteiger partial charge in [-0.3, -0.25) is 0 Å². The van der Waals surface area contributed by atoms with Crippen LogP contribution in [-0.2, 0) is 6.42 Å². The van der Waals surface area contributed by atoms with E-state index < -0.39 is 18.7 Å². The second-order valence-corrected chi connectivity index (χ2v) is 3.90. The molecule has 1 unspecified atom stereocenters. The Hall–Kier alpha value is -1.83. The molecule has 19 heavy (non-hydrogen) atoms. The molecular formula is C11H12F3N3O2. The first kappa shape index (κ1) is 13.6. The summed E-state index contributed by atoms with van der Waals surface area (Å²) < 4.78 is 41.8. The summed E-state index contributed by atoms with van der Waals surface area (Å²) in [5.74, 6) is 0.380. The fourth-order valence-corrected chi connectivity index (χ4v) is 1.55. The van der Waals surface area contributed by atoms with Crippen LogP contribution in [-0.4, -0.2) is 38.9 Å². The molecule has 2 N–H and O–H groups in total. The van der Waals surface area contributed by atoms with Crippen LogP contribution in [0.2, 0.25) is 0 Å². The maximum atomic E-state index is 12.2. The number of pyridine rings is 1. The molecule has 5 nitrogen and oxygen atoms in total. The highest BCUT2D eigenvalue weighted by atomic mass is 19.4. The zero-order valence-corrected chi connectivity index (χ0v) is 10.0. The molecule has 0 saturated carbocycles. The summed E-state index contributed by atoms with van der Waals surface area (Å²) in [7, 11) is 0. The second kappa shape index (κ2) is 5.04. The molecule has 104 valence electrons. The van der Waals surface area contributed by atoms with Crippen LogP contribution < -0.4 is 4.74 Å². The smallest absolute Gasteiger partial charge is 0.414 e. The third-order valence-corrected chi connectivity index (χ3v) is 2.43. The van der Waals surface area contributed by atoms with Crippen LogP contribution in [0.1, 0.15) is 12.7 Å². The monoisotopic (exact) mass is 275 g/mol. The number of fused-ring (bicyclic) bond motifs is 1. The number of alkyl halides is 3. The summed E-state index contributed by atoms with van der Waals surface area (Å²) in [5.41, 5.74) is 0.753. The van der Waals surface area contributed by atoms with Crippen LogP contribution in [0.3, 0.4) is 0 Å². The molecule has 0 saturated heterocycles.